The average molecular weight is 318 g/mol. The number of benzene rings is 1. The molecule has 0 saturated heterocycles. The lowest BCUT2D eigenvalue weighted by molar-refractivity contribution is -0.135. The van der Waals surface area contributed by atoms with E-state index in [2.05, 4.69) is 0 Å². The smallest absolute Gasteiger partial charge is 0.261 e. The van der Waals surface area contributed by atoms with Crippen molar-refractivity contribution in [3.05, 3.63) is 23.8 Å². The summed E-state index contributed by atoms with van der Waals surface area (Å²) in [5.41, 5.74) is 0.695. The van der Waals surface area contributed by atoms with Crippen LogP contribution in [0.1, 0.15) is 12.5 Å². The van der Waals surface area contributed by atoms with Crippen LogP contribution in [0.15, 0.2) is 23.1 Å². The van der Waals surface area contributed by atoms with Crippen LogP contribution in [0.4, 0.5) is 0 Å². The largest absolute Gasteiger partial charge is 0.492 e. The second kappa shape index (κ2) is 5.61. The third-order valence-corrected chi connectivity index (χ3v) is 4.77. The number of nitrogens with zero attached hydrogens (tertiary/aromatic N) is 1. The summed E-state index contributed by atoms with van der Waals surface area (Å²) < 4.78 is 28.2. The lowest BCUT2D eigenvalue weighted by atomic mass is 9.95. The predicted octanol–water partition coefficient (Wildman–Crippen LogP) is 1.64. The minimum absolute atomic E-state index is 0.00252. The average Bonchev–Trinajstić information content (AvgIpc) is 2.43. The van der Waals surface area contributed by atoms with Crippen molar-refractivity contribution in [2.75, 3.05) is 20.2 Å². The van der Waals surface area contributed by atoms with Crippen molar-refractivity contribution >= 4 is 25.6 Å². The first kappa shape index (κ1) is 15.1. The number of amides is 1. The minimum atomic E-state index is -3.77. The Kier molecular flexibility index (Phi) is 4.25. The molecule has 1 unspecified atom stereocenters. The maximum absolute atomic E-state index is 12.1. The van der Waals surface area contributed by atoms with Crippen molar-refractivity contribution in [2.24, 2.45) is 5.92 Å². The van der Waals surface area contributed by atoms with Gasteiger partial charge in [-0.3, -0.25) is 4.79 Å². The molecule has 110 valence electrons. The third-order valence-electron chi connectivity index (χ3n) is 3.42. The molecule has 0 aliphatic carbocycles. The van der Waals surface area contributed by atoms with E-state index in [9.17, 15) is 13.2 Å². The van der Waals surface area contributed by atoms with Crippen molar-refractivity contribution in [1.82, 2.24) is 4.90 Å². The maximum atomic E-state index is 12.1. The molecule has 1 heterocycles. The molecular formula is C13H16ClNO4S. The van der Waals surface area contributed by atoms with Crippen LogP contribution in [0.2, 0.25) is 0 Å². The van der Waals surface area contributed by atoms with E-state index in [1.165, 1.54) is 12.1 Å². The number of ether oxygens (including phenoxy) is 1. The third kappa shape index (κ3) is 3.07. The molecule has 0 bridgehead atoms. The van der Waals surface area contributed by atoms with Gasteiger partial charge in [0.2, 0.25) is 5.91 Å². The van der Waals surface area contributed by atoms with Crippen molar-refractivity contribution < 1.29 is 17.9 Å². The van der Waals surface area contributed by atoms with Crippen LogP contribution in [0.5, 0.6) is 5.75 Å². The standard InChI is InChI=1S/C13H16ClNO4S/c1-3-15(2)13(16)10-6-9-7-11(20(14,17)18)4-5-12(9)19-8-10/h4-5,7,10H,3,6,8H2,1-2H3. The van der Waals surface area contributed by atoms with E-state index in [0.29, 0.717) is 30.9 Å². The summed E-state index contributed by atoms with van der Waals surface area (Å²) in [4.78, 5) is 13.8. The van der Waals surface area contributed by atoms with Gasteiger partial charge in [-0.2, -0.15) is 0 Å². The molecule has 0 saturated carbocycles. The van der Waals surface area contributed by atoms with E-state index in [0.717, 1.165) is 0 Å². The fourth-order valence-corrected chi connectivity index (χ4v) is 2.95. The number of halogens is 1. The van der Waals surface area contributed by atoms with Crippen LogP contribution in [0, 0.1) is 5.92 Å². The molecule has 0 N–H and O–H groups in total. The number of hydrogen-bond donors (Lipinski definition) is 0. The van der Waals surface area contributed by atoms with Gasteiger partial charge in [0, 0.05) is 24.3 Å². The Morgan fingerprint density at radius 3 is 2.80 bits per heavy atom. The number of carbonyl (C=O) groups excluding carboxylic acids is 1. The molecular weight excluding hydrogens is 302 g/mol. The number of fused-ring (bicyclic) bond motifs is 1. The normalized spacial score (nSPS) is 18.1. The number of carbonyl (C=O) groups is 1. The monoisotopic (exact) mass is 317 g/mol. The summed E-state index contributed by atoms with van der Waals surface area (Å²) in [5.74, 6) is 0.315. The fourth-order valence-electron chi connectivity index (χ4n) is 2.15. The van der Waals surface area contributed by atoms with Gasteiger partial charge in [-0.1, -0.05) is 0 Å². The van der Waals surface area contributed by atoms with E-state index in [1.807, 2.05) is 6.92 Å². The zero-order valence-electron chi connectivity index (χ0n) is 11.3. The molecule has 1 aliphatic rings. The minimum Gasteiger partial charge on any atom is -0.492 e. The van der Waals surface area contributed by atoms with Crippen LogP contribution >= 0.6 is 10.7 Å². The van der Waals surface area contributed by atoms with Gasteiger partial charge >= 0.3 is 0 Å². The van der Waals surface area contributed by atoms with E-state index in [1.54, 1.807) is 18.0 Å². The first-order valence-corrected chi connectivity index (χ1v) is 8.59. The van der Waals surface area contributed by atoms with Crippen LogP contribution in [-0.2, 0) is 20.3 Å². The van der Waals surface area contributed by atoms with Gasteiger partial charge in [0.05, 0.1) is 10.8 Å². The summed E-state index contributed by atoms with van der Waals surface area (Å²) in [6, 6.07) is 4.46. The molecule has 5 nitrogen and oxygen atoms in total. The lowest BCUT2D eigenvalue weighted by Crippen LogP contribution is -2.38. The van der Waals surface area contributed by atoms with Crippen molar-refractivity contribution in [3.63, 3.8) is 0 Å². The Balaban J connectivity index is 2.27. The van der Waals surface area contributed by atoms with Crippen LogP contribution in [-0.4, -0.2) is 39.4 Å². The van der Waals surface area contributed by atoms with Gasteiger partial charge < -0.3 is 9.64 Å². The van der Waals surface area contributed by atoms with Gasteiger partial charge in [0.15, 0.2) is 0 Å². The Morgan fingerprint density at radius 1 is 1.50 bits per heavy atom. The summed E-state index contributed by atoms with van der Waals surface area (Å²) in [5, 5.41) is 0. The second-order valence-electron chi connectivity index (χ2n) is 4.77. The summed E-state index contributed by atoms with van der Waals surface area (Å²) in [6.45, 7) is 2.83. The van der Waals surface area contributed by atoms with Gasteiger partial charge in [-0.25, -0.2) is 8.42 Å². The highest BCUT2D eigenvalue weighted by molar-refractivity contribution is 8.13. The Morgan fingerprint density at radius 2 is 2.20 bits per heavy atom. The fraction of sp³-hybridized carbons (Fsp3) is 0.462. The van der Waals surface area contributed by atoms with E-state index in [-0.39, 0.29) is 16.7 Å². The molecule has 0 radical (unpaired) electrons. The quantitative estimate of drug-likeness (QED) is 0.795. The van der Waals surface area contributed by atoms with Gasteiger partial charge in [0.1, 0.15) is 12.4 Å². The highest BCUT2D eigenvalue weighted by Gasteiger charge is 2.28. The van der Waals surface area contributed by atoms with Gasteiger partial charge in [0.25, 0.3) is 9.05 Å². The zero-order valence-corrected chi connectivity index (χ0v) is 12.9. The molecule has 1 aliphatic heterocycles. The Hall–Kier alpha value is -1.27. The molecule has 1 atom stereocenters. The van der Waals surface area contributed by atoms with E-state index in [4.69, 9.17) is 15.4 Å². The molecule has 0 spiro atoms. The zero-order chi connectivity index (χ0) is 14.9. The van der Waals surface area contributed by atoms with E-state index < -0.39 is 9.05 Å². The summed E-state index contributed by atoms with van der Waals surface area (Å²) >= 11 is 0. The molecule has 7 heteroatoms. The Bertz CT molecular complexity index is 629. The lowest BCUT2D eigenvalue weighted by Gasteiger charge is -2.27. The summed E-state index contributed by atoms with van der Waals surface area (Å²) in [7, 11) is 3.29. The van der Waals surface area contributed by atoms with E-state index >= 15 is 0 Å². The number of hydrogen-bond acceptors (Lipinski definition) is 4. The van der Waals surface area contributed by atoms with Crippen molar-refractivity contribution in [3.8, 4) is 5.75 Å². The predicted molar refractivity (Wildman–Crippen MR) is 75.5 cm³/mol. The van der Waals surface area contributed by atoms with Crippen molar-refractivity contribution in [2.45, 2.75) is 18.2 Å². The topological polar surface area (TPSA) is 63.7 Å². The molecule has 0 fully saturated rings. The first-order valence-electron chi connectivity index (χ1n) is 6.28. The second-order valence-corrected chi connectivity index (χ2v) is 7.34. The summed E-state index contributed by atoms with van der Waals surface area (Å²) in [6.07, 6.45) is 0.457. The van der Waals surface area contributed by atoms with Gasteiger partial charge in [-0.15, -0.1) is 0 Å². The molecule has 1 aromatic carbocycles. The van der Waals surface area contributed by atoms with Crippen LogP contribution in [0.25, 0.3) is 0 Å². The van der Waals surface area contributed by atoms with Crippen LogP contribution < -0.4 is 4.74 Å². The molecule has 1 aromatic rings. The van der Waals surface area contributed by atoms with Crippen LogP contribution in [0.3, 0.4) is 0 Å². The first-order chi connectivity index (χ1) is 9.32. The van der Waals surface area contributed by atoms with Gasteiger partial charge in [-0.05, 0) is 37.1 Å². The molecule has 1 amide bonds. The van der Waals surface area contributed by atoms with Crippen molar-refractivity contribution in [1.29, 1.82) is 0 Å². The SMILES string of the molecule is CCN(C)C(=O)C1COc2ccc(S(=O)(=O)Cl)cc2C1. The highest BCUT2D eigenvalue weighted by atomic mass is 35.7. The maximum Gasteiger partial charge on any atom is 0.261 e. The molecule has 0 aromatic heterocycles. The molecule has 2 rings (SSSR count). The molecule has 20 heavy (non-hydrogen) atoms. The Labute approximate surface area is 122 Å². The highest BCUT2D eigenvalue weighted by Crippen LogP contribution is 2.31. The number of rotatable bonds is 3.